The van der Waals surface area contributed by atoms with Crippen molar-refractivity contribution in [3.8, 4) is 0 Å². The Morgan fingerprint density at radius 1 is 1.00 bits per heavy atom. The van der Waals surface area contributed by atoms with E-state index < -0.39 is 0 Å². The van der Waals surface area contributed by atoms with Gasteiger partial charge in [-0.25, -0.2) is 0 Å². The smallest absolute Gasteiger partial charge is 0 e. The van der Waals surface area contributed by atoms with Crippen LogP contribution in [0.1, 0.15) is 0 Å². The maximum atomic E-state index is 0. The van der Waals surface area contributed by atoms with Crippen LogP contribution in [0.3, 0.4) is 0 Å². The molecule has 0 unspecified atom stereocenters. The Bertz CT molecular complexity index is 8.00. The molecule has 0 saturated carbocycles. The van der Waals surface area contributed by atoms with Crippen molar-refractivity contribution in [1.29, 1.82) is 0 Å². The van der Waals surface area contributed by atoms with E-state index in [1.165, 1.54) is 0 Å². The summed E-state index contributed by atoms with van der Waals surface area (Å²) in [5, 5.41) is 0. The van der Waals surface area contributed by atoms with Crippen LogP contribution in [0, 0.1) is 0 Å². The van der Waals surface area contributed by atoms with Crippen LogP contribution in [0.2, 0.25) is 0 Å². The zero-order valence-electron chi connectivity index (χ0n) is 2.01. The van der Waals surface area contributed by atoms with E-state index in [0.29, 0.717) is 0 Å². The van der Waals surface area contributed by atoms with Crippen LogP contribution in [-0.4, -0.2) is 32.8 Å². The van der Waals surface area contributed by atoms with Crippen LogP contribution in [-0.2, 0) is 36.5 Å². The van der Waals surface area contributed by atoms with Crippen LogP contribution in [0.25, 0.3) is 0 Å². The average molecular weight is 354 g/mol. The first kappa shape index (κ1) is 37.1. The van der Waals surface area contributed by atoms with Gasteiger partial charge in [0.25, 0.3) is 0 Å². The van der Waals surface area contributed by atoms with Crippen molar-refractivity contribution in [2.75, 3.05) is 0 Å². The van der Waals surface area contributed by atoms with Gasteiger partial charge in [0.2, 0.25) is 0 Å². The summed E-state index contributed by atoms with van der Waals surface area (Å²) in [5.41, 5.74) is 0. The van der Waals surface area contributed by atoms with Crippen molar-refractivity contribution in [2.24, 2.45) is 0 Å². The predicted molar refractivity (Wildman–Crippen MR) is 9.37 cm³/mol. The Balaban J connectivity index is 0. The molecule has 0 amide bonds. The van der Waals surface area contributed by atoms with Gasteiger partial charge in [0, 0.05) is 63.8 Å². The van der Waals surface area contributed by atoms with E-state index in [1.807, 2.05) is 0 Å². The van der Waals surface area contributed by atoms with E-state index in [-0.39, 0.29) is 69.3 Å². The molecule has 0 heterocycles. The molecule has 1 nitrogen and oxygen atoms in total. The van der Waals surface area contributed by atoms with Gasteiger partial charge in [0.05, 0.1) is 0 Å². The van der Waals surface area contributed by atoms with Gasteiger partial charge in [-0.1, -0.05) is 0 Å². The van der Waals surface area contributed by atoms with Gasteiger partial charge in [0.1, 0.15) is 0 Å². The largest absolute Gasteiger partial charge is 0.412 e. The number of hydrogen-bond acceptors (Lipinski definition) is 0. The van der Waals surface area contributed by atoms with Crippen LogP contribution >= 0.6 is 0 Å². The third-order valence-electron chi connectivity index (χ3n) is 0. The minimum atomic E-state index is 0. The molecule has 25 valence electrons. The van der Waals surface area contributed by atoms with E-state index in [0.717, 1.165) is 0 Å². The van der Waals surface area contributed by atoms with Crippen LogP contribution in [0.5, 0.6) is 0 Å². The standard InChI is InChI=1S/Cu.H2O.Pb.Zn/h;1H2;;. The minimum Gasteiger partial charge on any atom is -0.412 e. The zero-order chi connectivity index (χ0) is 0. The van der Waals surface area contributed by atoms with Gasteiger partial charge < -0.3 is 5.48 Å². The Morgan fingerprint density at radius 2 is 1.00 bits per heavy atom. The molecule has 5 radical (unpaired) electrons. The van der Waals surface area contributed by atoms with Crippen molar-refractivity contribution in [3.63, 3.8) is 0 Å². The van der Waals surface area contributed by atoms with Gasteiger partial charge in [-0.15, -0.1) is 0 Å². The molecule has 2 N–H and O–H groups in total. The van der Waals surface area contributed by atoms with E-state index in [1.54, 1.807) is 0 Å². The molecule has 0 aliphatic rings. The fraction of sp³-hybridized carbons (Fsp3) is 0. The Labute approximate surface area is 68.6 Å². The second kappa shape index (κ2) is 19.9. The molecule has 4 heavy (non-hydrogen) atoms. The van der Waals surface area contributed by atoms with Gasteiger partial charge in [0.15, 0.2) is 0 Å². The SMILES string of the molecule is O.[Cu].[Pb].[Zn]. The molecule has 0 aliphatic heterocycles. The van der Waals surface area contributed by atoms with Gasteiger partial charge in [-0.2, -0.15) is 0 Å². The minimum absolute atomic E-state index is 0. The third-order valence-corrected chi connectivity index (χ3v) is 0. The van der Waals surface area contributed by atoms with E-state index in [2.05, 4.69) is 0 Å². The first-order chi connectivity index (χ1) is 0. The van der Waals surface area contributed by atoms with Crippen LogP contribution in [0.4, 0.5) is 0 Å². The summed E-state index contributed by atoms with van der Waals surface area (Å²) in [5.74, 6) is 0. The summed E-state index contributed by atoms with van der Waals surface area (Å²) in [6, 6.07) is 0. The molecule has 0 atom stereocenters. The molecule has 0 aromatic heterocycles. The van der Waals surface area contributed by atoms with Crippen LogP contribution in [0.15, 0.2) is 0 Å². The monoisotopic (exact) mass is 353 g/mol. The summed E-state index contributed by atoms with van der Waals surface area (Å²) in [6.45, 7) is 0. The molecular weight excluding hydrogens is 352 g/mol. The molecule has 0 saturated heterocycles. The second-order valence-electron chi connectivity index (χ2n) is 0. The summed E-state index contributed by atoms with van der Waals surface area (Å²) in [7, 11) is 0. The molecule has 0 spiro atoms. The predicted octanol–water partition coefficient (Wildman–Crippen LogP) is -1.21. The Hall–Kier alpha value is 2.02. The first-order valence-corrected chi connectivity index (χ1v) is 0. The van der Waals surface area contributed by atoms with Crippen molar-refractivity contribution < 1.29 is 42.0 Å². The molecule has 4 heteroatoms. The second-order valence-corrected chi connectivity index (χ2v) is 0. The summed E-state index contributed by atoms with van der Waals surface area (Å²) >= 11 is 0. The summed E-state index contributed by atoms with van der Waals surface area (Å²) in [4.78, 5) is 0. The molecule has 0 bridgehead atoms. The average Bonchev–Trinajstić information content (AvgIpc) is 0. The fourth-order valence-electron chi connectivity index (χ4n) is 0. The van der Waals surface area contributed by atoms with Crippen molar-refractivity contribution in [3.05, 3.63) is 0 Å². The topological polar surface area (TPSA) is 31.5 Å². The van der Waals surface area contributed by atoms with Gasteiger partial charge in [-0.3, -0.25) is 0 Å². The van der Waals surface area contributed by atoms with Gasteiger partial charge in [-0.05, 0) is 0 Å². The normalized spacial score (nSPS) is 0. The van der Waals surface area contributed by atoms with E-state index in [4.69, 9.17) is 0 Å². The maximum Gasteiger partial charge on any atom is 0 e. The van der Waals surface area contributed by atoms with E-state index in [9.17, 15) is 0 Å². The fourth-order valence-corrected chi connectivity index (χ4v) is 0. The summed E-state index contributed by atoms with van der Waals surface area (Å²) in [6.07, 6.45) is 0. The van der Waals surface area contributed by atoms with Crippen LogP contribution < -0.4 is 0 Å². The first-order valence-electron chi connectivity index (χ1n) is 0. The molecule has 0 rings (SSSR count). The van der Waals surface area contributed by atoms with Crippen molar-refractivity contribution in [1.82, 2.24) is 0 Å². The van der Waals surface area contributed by atoms with Crippen molar-refractivity contribution in [2.45, 2.75) is 0 Å². The zero-order valence-corrected chi connectivity index (χ0v) is 9.80. The third kappa shape index (κ3) is 8.98. The number of rotatable bonds is 0. The maximum absolute atomic E-state index is 0. The molecule has 0 fully saturated rings. The Morgan fingerprint density at radius 3 is 1.00 bits per heavy atom. The summed E-state index contributed by atoms with van der Waals surface area (Å²) < 4.78 is 0. The number of hydrogen-bond donors (Lipinski definition) is 0. The van der Waals surface area contributed by atoms with E-state index >= 15 is 0 Å². The molecular formula is H2CuOPbZn. The quantitative estimate of drug-likeness (QED) is 0.489. The Kier molecular flexibility index (Phi) is 184. The molecule has 0 aromatic rings. The van der Waals surface area contributed by atoms with Crippen molar-refractivity contribution >= 4 is 27.3 Å². The molecule has 0 aliphatic carbocycles. The molecule has 0 aromatic carbocycles. The van der Waals surface area contributed by atoms with Gasteiger partial charge >= 0.3 is 0 Å².